The maximum absolute atomic E-state index is 12.9. The Bertz CT molecular complexity index is 1120. The van der Waals surface area contributed by atoms with E-state index in [1.54, 1.807) is 16.8 Å². The number of nitriles is 1. The first-order valence-electron chi connectivity index (χ1n) is 9.25. The van der Waals surface area contributed by atoms with Crippen LogP contribution in [0.2, 0.25) is 0 Å². The van der Waals surface area contributed by atoms with Crippen molar-refractivity contribution >= 4 is 22.7 Å². The molecule has 0 fully saturated rings. The van der Waals surface area contributed by atoms with Gasteiger partial charge in [0, 0.05) is 5.39 Å². The quantitative estimate of drug-likeness (QED) is 0.698. The summed E-state index contributed by atoms with van der Waals surface area (Å²) < 4.78 is 1.72. The molecule has 1 aromatic heterocycles. The zero-order valence-corrected chi connectivity index (χ0v) is 16.6. The summed E-state index contributed by atoms with van der Waals surface area (Å²) in [4.78, 5) is 24.8. The average Bonchev–Trinajstić information content (AvgIpc) is 3.03. The summed E-state index contributed by atoms with van der Waals surface area (Å²) in [5, 5.41) is 17.0. The number of nitrogens with two attached hydrogens (primary N) is 1. The molecule has 1 atom stereocenters. The summed E-state index contributed by atoms with van der Waals surface area (Å²) in [6.45, 7) is 5.91. The van der Waals surface area contributed by atoms with Crippen molar-refractivity contribution in [3.63, 3.8) is 0 Å². The molecule has 0 saturated carbocycles. The number of fused-ring (bicyclic) bond motifs is 1. The van der Waals surface area contributed by atoms with Gasteiger partial charge in [0.15, 0.2) is 5.69 Å². The maximum atomic E-state index is 12.9. The van der Waals surface area contributed by atoms with E-state index < -0.39 is 23.3 Å². The third-order valence-corrected chi connectivity index (χ3v) is 4.69. The molecule has 1 unspecified atom stereocenters. The van der Waals surface area contributed by atoms with Crippen LogP contribution in [0.5, 0.6) is 0 Å². The van der Waals surface area contributed by atoms with Gasteiger partial charge < -0.3 is 11.1 Å². The molecule has 0 spiro atoms. The number of benzene rings is 2. The van der Waals surface area contributed by atoms with Crippen LogP contribution in [-0.4, -0.2) is 27.6 Å². The zero-order chi connectivity index (χ0) is 21.2. The molecule has 0 aliphatic carbocycles. The molecule has 0 aliphatic heterocycles. The summed E-state index contributed by atoms with van der Waals surface area (Å²) in [5.41, 5.74) is 7.43. The summed E-state index contributed by atoms with van der Waals surface area (Å²) >= 11 is 0. The lowest BCUT2D eigenvalue weighted by Gasteiger charge is -2.28. The first-order valence-corrected chi connectivity index (χ1v) is 9.25. The molecule has 0 bridgehead atoms. The Balaban J connectivity index is 1.98. The Labute approximate surface area is 169 Å². The second-order valence-electron chi connectivity index (χ2n) is 8.01. The van der Waals surface area contributed by atoms with Gasteiger partial charge in [0.05, 0.1) is 23.7 Å². The molecule has 2 aromatic carbocycles. The number of hydrogen-bond donors (Lipinski definition) is 2. The summed E-state index contributed by atoms with van der Waals surface area (Å²) in [7, 11) is 0. The van der Waals surface area contributed by atoms with Crippen LogP contribution in [0, 0.1) is 16.7 Å². The number of primary amides is 1. The molecule has 29 heavy (non-hydrogen) atoms. The second kappa shape index (κ2) is 7.76. The highest BCUT2D eigenvalue weighted by Crippen LogP contribution is 2.23. The Morgan fingerprint density at radius 3 is 2.59 bits per heavy atom. The average molecular weight is 389 g/mol. The number of carbonyl (C=O) groups is 2. The van der Waals surface area contributed by atoms with E-state index in [0.29, 0.717) is 17.5 Å². The highest BCUT2D eigenvalue weighted by Gasteiger charge is 2.32. The second-order valence-corrected chi connectivity index (χ2v) is 8.01. The van der Waals surface area contributed by atoms with Gasteiger partial charge in [-0.3, -0.25) is 14.3 Å². The molecule has 2 amide bonds. The van der Waals surface area contributed by atoms with Crippen LogP contribution in [0.1, 0.15) is 42.4 Å². The summed E-state index contributed by atoms with van der Waals surface area (Å²) in [5.74, 6) is -1.05. The van der Waals surface area contributed by atoms with Gasteiger partial charge in [-0.25, -0.2) is 0 Å². The molecule has 3 N–H and O–H groups in total. The molecule has 0 aliphatic rings. The third kappa shape index (κ3) is 4.27. The van der Waals surface area contributed by atoms with Gasteiger partial charge in [0.2, 0.25) is 5.91 Å². The van der Waals surface area contributed by atoms with Gasteiger partial charge in [-0.15, -0.1) is 0 Å². The fourth-order valence-corrected chi connectivity index (χ4v) is 3.24. The van der Waals surface area contributed by atoms with Crippen LogP contribution in [0.15, 0.2) is 48.5 Å². The van der Waals surface area contributed by atoms with E-state index in [9.17, 15) is 9.59 Å². The molecular formula is C22H23N5O2. The highest BCUT2D eigenvalue weighted by atomic mass is 16.2. The van der Waals surface area contributed by atoms with E-state index in [-0.39, 0.29) is 5.69 Å². The van der Waals surface area contributed by atoms with Crippen molar-refractivity contribution < 1.29 is 9.59 Å². The van der Waals surface area contributed by atoms with Crippen LogP contribution >= 0.6 is 0 Å². The number of hydrogen-bond acceptors (Lipinski definition) is 4. The number of nitrogens with zero attached hydrogens (tertiary/aromatic N) is 3. The minimum Gasteiger partial charge on any atom is -0.368 e. The minimum absolute atomic E-state index is 0.229. The molecule has 7 heteroatoms. The number of carbonyl (C=O) groups excluding carboxylic acids is 2. The van der Waals surface area contributed by atoms with Gasteiger partial charge >= 0.3 is 0 Å². The monoisotopic (exact) mass is 389 g/mol. The van der Waals surface area contributed by atoms with Gasteiger partial charge in [0.1, 0.15) is 6.04 Å². The van der Waals surface area contributed by atoms with Crippen molar-refractivity contribution in [3.05, 3.63) is 65.4 Å². The first kappa shape index (κ1) is 20.1. The maximum Gasteiger partial charge on any atom is 0.273 e. The van der Waals surface area contributed by atoms with Crippen LogP contribution in [0.4, 0.5) is 0 Å². The lowest BCUT2D eigenvalue weighted by atomic mass is 9.86. The first-order chi connectivity index (χ1) is 13.7. The van der Waals surface area contributed by atoms with Crippen LogP contribution in [0.25, 0.3) is 10.9 Å². The van der Waals surface area contributed by atoms with Crippen LogP contribution in [-0.2, 0) is 11.3 Å². The van der Waals surface area contributed by atoms with Crippen LogP contribution < -0.4 is 11.1 Å². The van der Waals surface area contributed by atoms with E-state index in [1.807, 2.05) is 57.2 Å². The van der Waals surface area contributed by atoms with Crippen molar-refractivity contribution in [2.75, 3.05) is 0 Å². The minimum atomic E-state index is -0.828. The van der Waals surface area contributed by atoms with E-state index in [1.165, 1.54) is 0 Å². The number of nitrogens with one attached hydrogen (secondary N) is 1. The standard InChI is InChI=1S/C22H23N5O2/c1-22(2,3)19(20(24)28)25-21(29)18-16-9-4-5-10-17(16)27(26-18)13-15-8-6-7-14(11-15)12-23/h4-11,19H,13H2,1-3H3,(H2,24,28)(H,25,29). The Kier molecular flexibility index (Phi) is 5.37. The Morgan fingerprint density at radius 1 is 1.21 bits per heavy atom. The van der Waals surface area contributed by atoms with Gasteiger partial charge in [-0.1, -0.05) is 51.1 Å². The third-order valence-electron chi connectivity index (χ3n) is 4.69. The van der Waals surface area contributed by atoms with E-state index in [4.69, 9.17) is 11.0 Å². The van der Waals surface area contributed by atoms with Crippen molar-refractivity contribution in [2.45, 2.75) is 33.4 Å². The Hall–Kier alpha value is -3.66. The molecule has 0 saturated heterocycles. The molecule has 148 valence electrons. The lowest BCUT2D eigenvalue weighted by molar-refractivity contribution is -0.122. The number of para-hydroxylation sites is 1. The fourth-order valence-electron chi connectivity index (χ4n) is 3.24. The van der Waals surface area contributed by atoms with Crippen molar-refractivity contribution in [2.24, 2.45) is 11.1 Å². The number of amides is 2. The van der Waals surface area contributed by atoms with Gasteiger partial charge in [0.25, 0.3) is 5.91 Å². The molecule has 1 heterocycles. The van der Waals surface area contributed by atoms with Crippen molar-refractivity contribution in [3.8, 4) is 6.07 Å². The molecule has 7 nitrogen and oxygen atoms in total. The fraction of sp³-hybridized carbons (Fsp3) is 0.273. The molecule has 3 aromatic rings. The molecule has 3 rings (SSSR count). The Morgan fingerprint density at radius 2 is 1.93 bits per heavy atom. The molecule has 0 radical (unpaired) electrons. The largest absolute Gasteiger partial charge is 0.368 e. The lowest BCUT2D eigenvalue weighted by Crippen LogP contribution is -2.52. The van der Waals surface area contributed by atoms with Crippen molar-refractivity contribution in [1.29, 1.82) is 5.26 Å². The van der Waals surface area contributed by atoms with Gasteiger partial charge in [-0.05, 0) is 29.2 Å². The number of rotatable bonds is 5. The van der Waals surface area contributed by atoms with E-state index in [0.717, 1.165) is 11.1 Å². The van der Waals surface area contributed by atoms with Gasteiger partial charge in [-0.2, -0.15) is 10.4 Å². The normalized spacial score (nSPS) is 12.3. The smallest absolute Gasteiger partial charge is 0.273 e. The summed E-state index contributed by atoms with van der Waals surface area (Å²) in [6, 6.07) is 15.9. The molecular weight excluding hydrogens is 366 g/mol. The SMILES string of the molecule is CC(C)(C)C(NC(=O)c1nn(Cc2cccc(C#N)c2)c2ccccc12)C(N)=O. The van der Waals surface area contributed by atoms with Crippen LogP contribution in [0.3, 0.4) is 0 Å². The van der Waals surface area contributed by atoms with Crippen molar-refractivity contribution in [1.82, 2.24) is 15.1 Å². The predicted octanol–water partition coefficient (Wildman–Crippen LogP) is 2.59. The zero-order valence-electron chi connectivity index (χ0n) is 16.6. The highest BCUT2D eigenvalue weighted by molar-refractivity contribution is 6.06. The van der Waals surface area contributed by atoms with E-state index >= 15 is 0 Å². The van der Waals surface area contributed by atoms with E-state index in [2.05, 4.69) is 16.5 Å². The topological polar surface area (TPSA) is 114 Å². The number of aromatic nitrogens is 2. The summed E-state index contributed by atoms with van der Waals surface area (Å²) in [6.07, 6.45) is 0. The predicted molar refractivity (Wildman–Crippen MR) is 110 cm³/mol.